The van der Waals surface area contributed by atoms with Crippen LogP contribution < -0.4 is 10.0 Å². The number of amides is 1. The molecule has 1 heterocycles. The van der Waals surface area contributed by atoms with Gasteiger partial charge in [0.2, 0.25) is 10.0 Å². The van der Waals surface area contributed by atoms with E-state index in [1.54, 1.807) is 48.5 Å². The third kappa shape index (κ3) is 5.92. The summed E-state index contributed by atoms with van der Waals surface area (Å²) in [7, 11) is -3.65. The van der Waals surface area contributed by atoms with Crippen LogP contribution in [0, 0.1) is 5.82 Å². The molecule has 3 aromatic carbocycles. The minimum absolute atomic E-state index is 0.110. The highest BCUT2D eigenvalue weighted by Gasteiger charge is 2.17. The summed E-state index contributed by atoms with van der Waals surface area (Å²) in [5, 5.41) is 2.78. The Hall–Kier alpha value is -3.33. The van der Waals surface area contributed by atoms with Gasteiger partial charge in [-0.05, 0) is 53.1 Å². The Labute approximate surface area is 196 Å². The van der Waals surface area contributed by atoms with E-state index in [1.165, 1.54) is 23.5 Å². The first kappa shape index (κ1) is 22.8. The lowest BCUT2D eigenvalue weighted by Crippen LogP contribution is -2.23. The summed E-state index contributed by atoms with van der Waals surface area (Å²) in [6.07, 6.45) is 0. The maximum Gasteiger partial charge on any atom is 0.251 e. The Bertz CT molecular complexity index is 1330. The lowest BCUT2D eigenvalue weighted by Gasteiger charge is -2.08. The van der Waals surface area contributed by atoms with Crippen molar-refractivity contribution in [1.29, 1.82) is 0 Å². The zero-order valence-electron chi connectivity index (χ0n) is 17.5. The van der Waals surface area contributed by atoms with Crippen molar-refractivity contribution >= 4 is 27.3 Å². The smallest absolute Gasteiger partial charge is 0.251 e. The standard InChI is InChI=1S/C25H21FN2O3S2/c26-22-12-8-18(9-13-22)16-27-25(29)21-10-6-19(7-11-21)17-28-33(30,31)24-15-14-23(32-24)20-4-2-1-3-5-20/h1-15,28H,16-17H2,(H,27,29). The molecule has 5 nitrogen and oxygen atoms in total. The normalized spacial score (nSPS) is 11.3. The van der Waals surface area contributed by atoms with Crippen LogP contribution in [0.3, 0.4) is 0 Å². The molecule has 0 aliphatic heterocycles. The maximum absolute atomic E-state index is 13.0. The molecule has 0 bridgehead atoms. The van der Waals surface area contributed by atoms with Crippen molar-refractivity contribution in [3.05, 3.63) is 114 Å². The van der Waals surface area contributed by atoms with Crippen molar-refractivity contribution in [1.82, 2.24) is 10.0 Å². The molecule has 1 aromatic heterocycles. The second-order valence-electron chi connectivity index (χ2n) is 7.32. The van der Waals surface area contributed by atoms with Gasteiger partial charge in [-0.15, -0.1) is 11.3 Å². The number of benzene rings is 3. The Kier molecular flexibility index (Phi) is 6.98. The van der Waals surface area contributed by atoms with E-state index in [-0.39, 0.29) is 29.0 Å². The molecule has 0 aliphatic carbocycles. The number of carbonyl (C=O) groups is 1. The number of nitrogens with one attached hydrogen (secondary N) is 2. The van der Waals surface area contributed by atoms with E-state index in [2.05, 4.69) is 10.0 Å². The van der Waals surface area contributed by atoms with E-state index in [0.717, 1.165) is 21.6 Å². The Morgan fingerprint density at radius 3 is 2.12 bits per heavy atom. The SMILES string of the molecule is O=C(NCc1ccc(F)cc1)c1ccc(CNS(=O)(=O)c2ccc(-c3ccccc3)s2)cc1. The van der Waals surface area contributed by atoms with Crippen molar-refractivity contribution in [3.8, 4) is 10.4 Å². The fourth-order valence-electron chi connectivity index (χ4n) is 3.13. The molecule has 0 atom stereocenters. The third-order valence-corrected chi connectivity index (χ3v) is 7.98. The number of sulfonamides is 1. The minimum atomic E-state index is -3.65. The minimum Gasteiger partial charge on any atom is -0.348 e. The lowest BCUT2D eigenvalue weighted by atomic mass is 10.1. The number of hydrogen-bond acceptors (Lipinski definition) is 4. The van der Waals surface area contributed by atoms with E-state index in [4.69, 9.17) is 0 Å². The largest absolute Gasteiger partial charge is 0.348 e. The van der Waals surface area contributed by atoms with Crippen LogP contribution in [0.4, 0.5) is 4.39 Å². The van der Waals surface area contributed by atoms with Gasteiger partial charge in [0.25, 0.3) is 5.91 Å². The highest BCUT2D eigenvalue weighted by Crippen LogP contribution is 2.30. The fraction of sp³-hybridized carbons (Fsp3) is 0.0800. The molecule has 0 aliphatic rings. The number of thiophene rings is 1. The van der Waals surface area contributed by atoms with Gasteiger partial charge >= 0.3 is 0 Å². The summed E-state index contributed by atoms with van der Waals surface area (Å²) in [6, 6.07) is 25.6. The molecule has 8 heteroatoms. The van der Waals surface area contributed by atoms with Crippen LogP contribution in [-0.2, 0) is 23.1 Å². The molecule has 2 N–H and O–H groups in total. The van der Waals surface area contributed by atoms with Gasteiger partial charge < -0.3 is 5.32 Å². The van der Waals surface area contributed by atoms with E-state index in [9.17, 15) is 17.6 Å². The molecule has 0 unspecified atom stereocenters. The van der Waals surface area contributed by atoms with Crippen molar-refractivity contribution in [3.63, 3.8) is 0 Å². The Morgan fingerprint density at radius 2 is 1.42 bits per heavy atom. The summed E-state index contributed by atoms with van der Waals surface area (Å²) < 4.78 is 41.2. The zero-order valence-corrected chi connectivity index (χ0v) is 19.1. The van der Waals surface area contributed by atoms with Crippen molar-refractivity contribution in [2.24, 2.45) is 0 Å². The first-order valence-corrected chi connectivity index (χ1v) is 12.5. The molecule has 168 valence electrons. The zero-order chi connectivity index (χ0) is 23.3. The summed E-state index contributed by atoms with van der Waals surface area (Å²) in [4.78, 5) is 13.2. The van der Waals surface area contributed by atoms with Gasteiger partial charge in [-0.3, -0.25) is 4.79 Å². The Balaban J connectivity index is 1.33. The Morgan fingerprint density at radius 1 is 0.788 bits per heavy atom. The summed E-state index contributed by atoms with van der Waals surface area (Å²) >= 11 is 1.21. The topological polar surface area (TPSA) is 75.3 Å². The van der Waals surface area contributed by atoms with E-state index in [0.29, 0.717) is 5.56 Å². The molecule has 0 saturated carbocycles. The van der Waals surface area contributed by atoms with Gasteiger partial charge in [-0.1, -0.05) is 54.6 Å². The summed E-state index contributed by atoms with van der Waals surface area (Å²) in [5.74, 6) is -0.592. The fourth-order valence-corrected chi connectivity index (χ4v) is 5.51. The highest BCUT2D eigenvalue weighted by atomic mass is 32.2. The molecule has 0 saturated heterocycles. The van der Waals surface area contributed by atoms with Crippen LogP contribution in [0.1, 0.15) is 21.5 Å². The number of halogens is 1. The summed E-state index contributed by atoms with van der Waals surface area (Å²) in [6.45, 7) is 0.394. The number of hydrogen-bond donors (Lipinski definition) is 2. The molecule has 0 fully saturated rings. The molecule has 1 amide bonds. The molecule has 33 heavy (non-hydrogen) atoms. The maximum atomic E-state index is 13.0. The monoisotopic (exact) mass is 480 g/mol. The van der Waals surface area contributed by atoms with Crippen LogP contribution in [0.15, 0.2) is 95.2 Å². The average molecular weight is 481 g/mol. The van der Waals surface area contributed by atoms with E-state index in [1.807, 2.05) is 30.3 Å². The van der Waals surface area contributed by atoms with Crippen molar-refractivity contribution < 1.29 is 17.6 Å². The first-order chi connectivity index (χ1) is 15.9. The first-order valence-electron chi connectivity index (χ1n) is 10.2. The van der Waals surface area contributed by atoms with E-state index < -0.39 is 10.0 Å². The van der Waals surface area contributed by atoms with Gasteiger partial charge in [0.05, 0.1) is 0 Å². The van der Waals surface area contributed by atoms with Crippen LogP contribution in [0.5, 0.6) is 0 Å². The molecular formula is C25H21FN2O3S2. The number of carbonyl (C=O) groups excluding carboxylic acids is 1. The molecule has 0 radical (unpaired) electrons. The van der Waals surface area contributed by atoms with Gasteiger partial charge in [-0.2, -0.15) is 0 Å². The highest BCUT2D eigenvalue weighted by molar-refractivity contribution is 7.91. The quantitative estimate of drug-likeness (QED) is 0.374. The molecular weight excluding hydrogens is 459 g/mol. The van der Waals surface area contributed by atoms with Crippen molar-refractivity contribution in [2.75, 3.05) is 0 Å². The van der Waals surface area contributed by atoms with Gasteiger partial charge in [0, 0.05) is 23.5 Å². The lowest BCUT2D eigenvalue weighted by molar-refractivity contribution is 0.0951. The predicted octanol–water partition coefficient (Wildman–Crippen LogP) is 4.96. The molecule has 0 spiro atoms. The van der Waals surface area contributed by atoms with Crippen LogP contribution in [-0.4, -0.2) is 14.3 Å². The summed E-state index contributed by atoms with van der Waals surface area (Å²) in [5.41, 5.74) is 2.94. The van der Waals surface area contributed by atoms with Crippen LogP contribution in [0.2, 0.25) is 0 Å². The van der Waals surface area contributed by atoms with Gasteiger partial charge in [0.1, 0.15) is 10.0 Å². The molecule has 4 rings (SSSR count). The molecule has 4 aromatic rings. The third-order valence-electron chi connectivity index (χ3n) is 4.95. The van der Waals surface area contributed by atoms with Gasteiger partial charge in [-0.25, -0.2) is 17.5 Å². The predicted molar refractivity (Wildman–Crippen MR) is 128 cm³/mol. The average Bonchev–Trinajstić information content (AvgIpc) is 3.35. The second-order valence-corrected chi connectivity index (χ2v) is 10.4. The van der Waals surface area contributed by atoms with E-state index >= 15 is 0 Å². The van der Waals surface area contributed by atoms with Crippen LogP contribution >= 0.6 is 11.3 Å². The second kappa shape index (κ2) is 10.1. The van der Waals surface area contributed by atoms with Gasteiger partial charge in [0.15, 0.2) is 0 Å². The number of rotatable bonds is 8. The van der Waals surface area contributed by atoms with Crippen molar-refractivity contribution in [2.45, 2.75) is 17.3 Å². The van der Waals surface area contributed by atoms with Crippen LogP contribution in [0.25, 0.3) is 10.4 Å².